The Morgan fingerprint density at radius 2 is 1.71 bits per heavy atom. The fourth-order valence-corrected chi connectivity index (χ4v) is 3.20. The van der Waals surface area contributed by atoms with Gasteiger partial charge < -0.3 is 0 Å². The summed E-state index contributed by atoms with van der Waals surface area (Å²) >= 11 is 0. The van der Waals surface area contributed by atoms with E-state index in [1.54, 1.807) is 0 Å². The molecule has 0 saturated heterocycles. The average molecular weight is 226 g/mol. The SMILES string of the molecule is c1ccc(CCC2CC2=C2CCCCC2)cc1. The third-order valence-electron chi connectivity index (χ3n) is 4.33. The molecule has 0 radical (unpaired) electrons. The van der Waals surface area contributed by atoms with Gasteiger partial charge in [-0.15, -0.1) is 0 Å². The minimum Gasteiger partial charge on any atom is -0.0707 e. The van der Waals surface area contributed by atoms with Crippen molar-refractivity contribution in [2.24, 2.45) is 5.92 Å². The van der Waals surface area contributed by atoms with Crippen LogP contribution in [0, 0.1) is 5.92 Å². The van der Waals surface area contributed by atoms with Crippen molar-refractivity contribution in [3.05, 3.63) is 47.0 Å². The number of aryl methyl sites for hydroxylation is 1. The van der Waals surface area contributed by atoms with E-state index < -0.39 is 0 Å². The highest BCUT2D eigenvalue weighted by Crippen LogP contribution is 2.46. The summed E-state index contributed by atoms with van der Waals surface area (Å²) in [6, 6.07) is 10.9. The normalized spacial score (nSPS) is 23.9. The Morgan fingerprint density at radius 1 is 0.941 bits per heavy atom. The molecule has 0 amide bonds. The van der Waals surface area contributed by atoms with Crippen LogP contribution in [0.3, 0.4) is 0 Å². The van der Waals surface area contributed by atoms with Crippen LogP contribution in [-0.4, -0.2) is 0 Å². The van der Waals surface area contributed by atoms with Gasteiger partial charge in [-0.25, -0.2) is 0 Å². The first-order valence-electron chi connectivity index (χ1n) is 7.18. The minimum atomic E-state index is 0.948. The van der Waals surface area contributed by atoms with Crippen LogP contribution in [0.4, 0.5) is 0 Å². The van der Waals surface area contributed by atoms with Gasteiger partial charge in [0.25, 0.3) is 0 Å². The van der Waals surface area contributed by atoms with Crippen molar-refractivity contribution in [2.75, 3.05) is 0 Å². The number of rotatable bonds is 3. The fraction of sp³-hybridized carbons (Fsp3) is 0.529. The van der Waals surface area contributed by atoms with Gasteiger partial charge in [0.15, 0.2) is 0 Å². The first kappa shape index (κ1) is 11.1. The Morgan fingerprint density at radius 3 is 2.47 bits per heavy atom. The monoisotopic (exact) mass is 226 g/mol. The van der Waals surface area contributed by atoms with E-state index >= 15 is 0 Å². The first-order valence-corrected chi connectivity index (χ1v) is 7.18. The highest BCUT2D eigenvalue weighted by Gasteiger charge is 2.32. The summed E-state index contributed by atoms with van der Waals surface area (Å²) in [7, 11) is 0. The Bertz CT molecular complexity index is 391. The molecule has 1 unspecified atom stereocenters. The highest BCUT2D eigenvalue weighted by atomic mass is 14.4. The fourth-order valence-electron chi connectivity index (χ4n) is 3.20. The van der Waals surface area contributed by atoms with Crippen LogP contribution in [0.5, 0.6) is 0 Å². The van der Waals surface area contributed by atoms with E-state index in [4.69, 9.17) is 0 Å². The maximum Gasteiger partial charge on any atom is -0.0160 e. The van der Waals surface area contributed by atoms with E-state index in [2.05, 4.69) is 30.3 Å². The van der Waals surface area contributed by atoms with Gasteiger partial charge in [-0.1, -0.05) is 47.9 Å². The molecule has 0 aliphatic heterocycles. The van der Waals surface area contributed by atoms with E-state index in [1.807, 2.05) is 11.1 Å². The summed E-state index contributed by atoms with van der Waals surface area (Å²) in [5, 5.41) is 0. The summed E-state index contributed by atoms with van der Waals surface area (Å²) in [6.45, 7) is 0. The van der Waals surface area contributed by atoms with Crippen LogP contribution in [-0.2, 0) is 6.42 Å². The highest BCUT2D eigenvalue weighted by molar-refractivity contribution is 5.31. The van der Waals surface area contributed by atoms with Gasteiger partial charge in [-0.2, -0.15) is 0 Å². The molecule has 1 atom stereocenters. The Hall–Kier alpha value is -1.04. The summed E-state index contributed by atoms with van der Waals surface area (Å²) < 4.78 is 0. The summed E-state index contributed by atoms with van der Waals surface area (Å²) in [6.07, 6.45) is 11.3. The lowest BCUT2D eigenvalue weighted by molar-refractivity contribution is 0.594. The lowest BCUT2D eigenvalue weighted by Gasteiger charge is -2.13. The van der Waals surface area contributed by atoms with E-state index in [-0.39, 0.29) is 0 Å². The van der Waals surface area contributed by atoms with Crippen LogP contribution < -0.4 is 0 Å². The number of hydrogen-bond acceptors (Lipinski definition) is 0. The zero-order valence-corrected chi connectivity index (χ0v) is 10.6. The third kappa shape index (κ3) is 2.80. The van der Waals surface area contributed by atoms with Crippen molar-refractivity contribution in [3.63, 3.8) is 0 Å². The molecule has 0 heterocycles. The van der Waals surface area contributed by atoms with Crippen molar-refractivity contribution < 1.29 is 0 Å². The molecular weight excluding hydrogens is 204 g/mol. The largest absolute Gasteiger partial charge is 0.0707 e. The Balaban J connectivity index is 1.52. The van der Waals surface area contributed by atoms with Crippen LogP contribution in [0.1, 0.15) is 50.5 Å². The van der Waals surface area contributed by atoms with E-state index in [1.165, 1.54) is 56.9 Å². The molecule has 1 aromatic rings. The molecule has 3 rings (SSSR count). The second-order valence-corrected chi connectivity index (χ2v) is 5.61. The summed E-state index contributed by atoms with van der Waals surface area (Å²) in [5.74, 6) is 0.948. The smallest absolute Gasteiger partial charge is 0.0160 e. The molecule has 0 N–H and O–H groups in total. The molecule has 2 aliphatic rings. The average Bonchev–Trinajstić information content (AvgIpc) is 3.18. The number of hydrogen-bond donors (Lipinski definition) is 0. The molecule has 0 aromatic heterocycles. The van der Waals surface area contributed by atoms with Gasteiger partial charge in [0.05, 0.1) is 0 Å². The molecular formula is C17H22. The minimum absolute atomic E-state index is 0.948. The predicted molar refractivity (Wildman–Crippen MR) is 73.0 cm³/mol. The van der Waals surface area contributed by atoms with Gasteiger partial charge in [-0.05, 0) is 56.4 Å². The van der Waals surface area contributed by atoms with Crippen molar-refractivity contribution >= 4 is 0 Å². The van der Waals surface area contributed by atoms with Gasteiger partial charge in [0, 0.05) is 0 Å². The van der Waals surface area contributed by atoms with Gasteiger partial charge in [-0.3, -0.25) is 0 Å². The molecule has 0 heteroatoms. The van der Waals surface area contributed by atoms with Gasteiger partial charge >= 0.3 is 0 Å². The standard InChI is InChI=1S/C17H22/c1-3-7-14(8-4-1)11-12-16-13-17(16)15-9-5-2-6-10-15/h1,3-4,7-8,16H,2,5-6,9-13H2. The topological polar surface area (TPSA) is 0 Å². The maximum atomic E-state index is 2.26. The van der Waals surface area contributed by atoms with Crippen LogP contribution >= 0.6 is 0 Å². The van der Waals surface area contributed by atoms with Crippen LogP contribution in [0.25, 0.3) is 0 Å². The van der Waals surface area contributed by atoms with Crippen molar-refractivity contribution in [1.82, 2.24) is 0 Å². The molecule has 0 spiro atoms. The Labute approximate surface area is 105 Å². The lowest BCUT2D eigenvalue weighted by Crippen LogP contribution is -1.94. The van der Waals surface area contributed by atoms with Gasteiger partial charge in [0.2, 0.25) is 0 Å². The molecule has 90 valence electrons. The summed E-state index contributed by atoms with van der Waals surface area (Å²) in [5.41, 5.74) is 5.20. The van der Waals surface area contributed by atoms with Crippen molar-refractivity contribution in [3.8, 4) is 0 Å². The Kier molecular flexibility index (Phi) is 3.31. The zero-order chi connectivity index (χ0) is 11.5. The third-order valence-corrected chi connectivity index (χ3v) is 4.33. The molecule has 1 aromatic carbocycles. The number of benzene rings is 1. The molecule has 0 nitrogen and oxygen atoms in total. The second kappa shape index (κ2) is 5.08. The number of allylic oxidation sites excluding steroid dienone is 2. The van der Waals surface area contributed by atoms with Gasteiger partial charge in [0.1, 0.15) is 0 Å². The van der Waals surface area contributed by atoms with Crippen molar-refractivity contribution in [2.45, 2.75) is 51.4 Å². The molecule has 2 aliphatic carbocycles. The summed E-state index contributed by atoms with van der Waals surface area (Å²) in [4.78, 5) is 0. The zero-order valence-electron chi connectivity index (χ0n) is 10.6. The molecule has 0 bridgehead atoms. The predicted octanol–water partition coefficient (Wildman–Crippen LogP) is 4.90. The molecule has 2 saturated carbocycles. The molecule has 17 heavy (non-hydrogen) atoms. The van der Waals surface area contributed by atoms with E-state index in [0.717, 1.165) is 5.92 Å². The van der Waals surface area contributed by atoms with E-state index in [0.29, 0.717) is 0 Å². The van der Waals surface area contributed by atoms with E-state index in [9.17, 15) is 0 Å². The quantitative estimate of drug-likeness (QED) is 0.643. The molecule has 2 fully saturated rings. The first-order chi connectivity index (χ1) is 8.43. The second-order valence-electron chi connectivity index (χ2n) is 5.61. The van der Waals surface area contributed by atoms with Crippen LogP contribution in [0.2, 0.25) is 0 Å². The van der Waals surface area contributed by atoms with Crippen LogP contribution in [0.15, 0.2) is 41.5 Å². The maximum absolute atomic E-state index is 2.26. The van der Waals surface area contributed by atoms with Crippen molar-refractivity contribution in [1.29, 1.82) is 0 Å². The lowest BCUT2D eigenvalue weighted by atomic mass is 9.93.